The minimum Gasteiger partial charge on any atom is -0.465 e. The number of amides is 1. The number of carboxylic acid groups (broad SMARTS) is 1. The van der Waals surface area contributed by atoms with Crippen molar-refractivity contribution in [1.29, 1.82) is 0 Å². The average Bonchev–Trinajstić information content (AvgIpc) is 3.41. The molecular formula is C25H30FN7O3. The van der Waals surface area contributed by atoms with Crippen molar-refractivity contribution in [2.75, 3.05) is 13.1 Å². The highest BCUT2D eigenvalue weighted by molar-refractivity contribution is 5.94. The van der Waals surface area contributed by atoms with E-state index in [-0.39, 0.29) is 24.1 Å². The topological polar surface area (TPSA) is 135 Å². The lowest BCUT2D eigenvalue weighted by Crippen LogP contribution is -2.56. The van der Waals surface area contributed by atoms with Crippen molar-refractivity contribution < 1.29 is 19.0 Å². The Hall–Kier alpha value is -3.83. The number of fused-ring (bicyclic) bond motifs is 1. The first-order valence-corrected chi connectivity index (χ1v) is 11.5. The van der Waals surface area contributed by atoms with Gasteiger partial charge >= 0.3 is 6.09 Å². The van der Waals surface area contributed by atoms with Crippen LogP contribution >= 0.6 is 0 Å². The quantitative estimate of drug-likeness (QED) is 0.392. The van der Waals surface area contributed by atoms with Crippen LogP contribution in [0.3, 0.4) is 0 Å². The molecule has 10 nitrogen and oxygen atoms in total. The molecule has 0 spiro atoms. The maximum absolute atomic E-state index is 14.1. The lowest BCUT2D eigenvalue weighted by atomic mass is 10.1. The summed E-state index contributed by atoms with van der Waals surface area (Å²) < 4.78 is 21.3. The minimum atomic E-state index is -0.858. The molecule has 1 aliphatic rings. The van der Waals surface area contributed by atoms with E-state index in [9.17, 15) is 9.18 Å². The summed E-state index contributed by atoms with van der Waals surface area (Å²) in [5, 5.41) is 13.5. The van der Waals surface area contributed by atoms with Crippen molar-refractivity contribution in [3.8, 4) is 22.5 Å². The van der Waals surface area contributed by atoms with Gasteiger partial charge < -0.3 is 25.5 Å². The summed E-state index contributed by atoms with van der Waals surface area (Å²) in [5.74, 6) is -0.329. The summed E-state index contributed by atoms with van der Waals surface area (Å²) in [5.41, 5.74) is 9.73. The van der Waals surface area contributed by atoms with Crippen molar-refractivity contribution in [3.05, 3.63) is 54.4 Å². The van der Waals surface area contributed by atoms with E-state index in [2.05, 4.69) is 20.1 Å². The highest BCUT2D eigenvalue weighted by atomic mass is 19.1. The molecule has 1 fully saturated rings. The summed E-state index contributed by atoms with van der Waals surface area (Å²) in [6.45, 7) is 7.09. The van der Waals surface area contributed by atoms with E-state index in [0.717, 1.165) is 16.6 Å². The molecule has 1 saturated heterocycles. The molecule has 1 aliphatic heterocycles. The van der Waals surface area contributed by atoms with E-state index >= 15 is 0 Å². The number of nitrogens with one attached hydrogen (secondary N) is 1. The Balaban J connectivity index is 0.000000214. The Morgan fingerprint density at radius 3 is 2.58 bits per heavy atom. The molecule has 4 aromatic rings. The van der Waals surface area contributed by atoms with Gasteiger partial charge in [-0.2, -0.15) is 5.10 Å². The molecule has 1 aromatic carbocycles. The molecule has 5 rings (SSSR count). The molecule has 3 aromatic heterocycles. The third-order valence-corrected chi connectivity index (χ3v) is 5.63. The maximum Gasteiger partial charge on any atom is 0.407 e. The Labute approximate surface area is 207 Å². The van der Waals surface area contributed by atoms with Crippen LogP contribution in [0.15, 0.2) is 43.0 Å². The van der Waals surface area contributed by atoms with E-state index in [1.807, 2.05) is 46.1 Å². The molecule has 1 amide bonds. The summed E-state index contributed by atoms with van der Waals surface area (Å²) in [7, 11) is 1.86. The van der Waals surface area contributed by atoms with Gasteiger partial charge in [-0.05, 0) is 32.9 Å². The molecular weight excluding hydrogens is 465 g/mol. The van der Waals surface area contributed by atoms with Gasteiger partial charge in [-0.15, -0.1) is 0 Å². The van der Waals surface area contributed by atoms with Gasteiger partial charge in [0.2, 0.25) is 0 Å². The van der Waals surface area contributed by atoms with Crippen LogP contribution in [0, 0.1) is 5.82 Å². The number of carbonyl (C=O) groups is 1. The number of aryl methyl sites for hydroxylation is 1. The first-order chi connectivity index (χ1) is 17.0. The lowest BCUT2D eigenvalue weighted by Gasteiger charge is -2.40. The second-order valence-corrected chi connectivity index (χ2v) is 9.62. The number of H-pyrrole nitrogens is 1. The third kappa shape index (κ3) is 5.69. The zero-order valence-corrected chi connectivity index (χ0v) is 20.7. The van der Waals surface area contributed by atoms with E-state index < -0.39 is 6.09 Å². The largest absolute Gasteiger partial charge is 0.465 e. The predicted molar refractivity (Wildman–Crippen MR) is 134 cm³/mol. The first kappa shape index (κ1) is 25.3. The van der Waals surface area contributed by atoms with Gasteiger partial charge in [0.1, 0.15) is 17.8 Å². The van der Waals surface area contributed by atoms with Crippen molar-refractivity contribution in [2.45, 2.75) is 39.0 Å². The smallest absolute Gasteiger partial charge is 0.407 e. The number of halogens is 1. The number of hydrogen-bond donors (Lipinski definition) is 3. The molecule has 0 saturated carbocycles. The lowest BCUT2D eigenvalue weighted by molar-refractivity contribution is -0.115. The highest BCUT2D eigenvalue weighted by Gasteiger charge is 2.33. The van der Waals surface area contributed by atoms with E-state index in [1.54, 1.807) is 16.9 Å². The SMILES string of the molecule is CC(C)(C)OC1CN(C(=O)O)C1.Cn1cc(-c2cc3c(-c4ccc(CN)c(F)c4)ncnc3[nH]2)cn1. The zero-order chi connectivity index (χ0) is 26.0. The monoisotopic (exact) mass is 495 g/mol. The fourth-order valence-electron chi connectivity index (χ4n) is 3.91. The average molecular weight is 496 g/mol. The van der Waals surface area contributed by atoms with Crippen molar-refractivity contribution >= 4 is 17.1 Å². The number of nitrogens with two attached hydrogens (primary N) is 1. The van der Waals surface area contributed by atoms with E-state index in [4.69, 9.17) is 15.6 Å². The molecule has 4 N–H and O–H groups in total. The molecule has 0 bridgehead atoms. The Bertz CT molecular complexity index is 1370. The molecule has 190 valence electrons. The summed E-state index contributed by atoms with van der Waals surface area (Å²) in [6, 6.07) is 6.92. The van der Waals surface area contributed by atoms with Gasteiger partial charge in [0.05, 0.1) is 42.4 Å². The highest BCUT2D eigenvalue weighted by Crippen LogP contribution is 2.30. The number of aromatic nitrogens is 5. The van der Waals surface area contributed by atoms with Crippen LogP contribution in [0.5, 0.6) is 0 Å². The number of benzene rings is 1. The number of rotatable bonds is 4. The van der Waals surface area contributed by atoms with Crippen LogP contribution in [0.4, 0.5) is 9.18 Å². The van der Waals surface area contributed by atoms with Gasteiger partial charge in [0, 0.05) is 41.9 Å². The second-order valence-electron chi connectivity index (χ2n) is 9.62. The third-order valence-electron chi connectivity index (χ3n) is 5.63. The molecule has 0 aliphatic carbocycles. The summed E-state index contributed by atoms with van der Waals surface area (Å²) >= 11 is 0. The molecule has 0 atom stereocenters. The maximum atomic E-state index is 14.1. The molecule has 11 heteroatoms. The number of ether oxygens (including phenoxy) is 1. The van der Waals surface area contributed by atoms with Gasteiger partial charge in [-0.25, -0.2) is 19.2 Å². The molecule has 36 heavy (non-hydrogen) atoms. The van der Waals surface area contributed by atoms with Crippen molar-refractivity contribution in [3.63, 3.8) is 0 Å². The molecule has 0 unspecified atom stereocenters. The van der Waals surface area contributed by atoms with Crippen LogP contribution in [0.2, 0.25) is 0 Å². The fourth-order valence-corrected chi connectivity index (χ4v) is 3.91. The van der Waals surface area contributed by atoms with Gasteiger partial charge in [-0.1, -0.05) is 12.1 Å². The number of hydrogen-bond acceptors (Lipinski definition) is 6. The van der Waals surface area contributed by atoms with Gasteiger partial charge in [0.25, 0.3) is 0 Å². The standard InChI is InChI=1S/C17H15FN6.C8H15NO3/c1-24-8-12(7-22-24)15-5-13-16(20-9-21-17(13)23-15)10-2-3-11(6-19)14(18)4-10;1-8(2,3)12-6-4-9(5-6)7(10)11/h2-5,7-9H,6,19H2,1H3,(H,20,21,23);6H,4-5H2,1-3H3,(H,10,11). The van der Waals surface area contributed by atoms with Gasteiger partial charge in [0.15, 0.2) is 0 Å². The van der Waals surface area contributed by atoms with Crippen LogP contribution in [-0.4, -0.2) is 65.6 Å². The van der Waals surface area contributed by atoms with Gasteiger partial charge in [-0.3, -0.25) is 4.68 Å². The van der Waals surface area contributed by atoms with Crippen LogP contribution in [0.25, 0.3) is 33.5 Å². The Morgan fingerprint density at radius 2 is 2.00 bits per heavy atom. The number of likely N-dealkylation sites (tertiary alicyclic amines) is 1. The first-order valence-electron chi connectivity index (χ1n) is 11.5. The Morgan fingerprint density at radius 1 is 1.25 bits per heavy atom. The number of nitrogens with zero attached hydrogens (tertiary/aromatic N) is 5. The van der Waals surface area contributed by atoms with Crippen molar-refractivity contribution in [2.24, 2.45) is 12.8 Å². The molecule has 4 heterocycles. The van der Waals surface area contributed by atoms with Crippen LogP contribution in [0.1, 0.15) is 26.3 Å². The fraction of sp³-hybridized carbons (Fsp3) is 0.360. The van der Waals surface area contributed by atoms with Crippen LogP contribution in [-0.2, 0) is 18.3 Å². The number of aromatic amines is 1. The Kier molecular flexibility index (Phi) is 7.04. The van der Waals surface area contributed by atoms with E-state index in [1.165, 1.54) is 17.3 Å². The minimum absolute atomic E-state index is 0.0844. The normalized spacial score (nSPS) is 13.9. The van der Waals surface area contributed by atoms with Crippen LogP contribution < -0.4 is 5.73 Å². The predicted octanol–water partition coefficient (Wildman–Crippen LogP) is 3.79. The van der Waals surface area contributed by atoms with Crippen molar-refractivity contribution in [1.82, 2.24) is 29.6 Å². The second kappa shape index (κ2) is 10.0. The van der Waals surface area contributed by atoms with E-state index in [0.29, 0.717) is 35.6 Å². The summed E-state index contributed by atoms with van der Waals surface area (Å²) in [4.78, 5) is 23.6. The summed E-state index contributed by atoms with van der Waals surface area (Å²) in [6.07, 6.45) is 4.38. The zero-order valence-electron chi connectivity index (χ0n) is 20.7. The molecule has 0 radical (unpaired) electrons.